The van der Waals surface area contributed by atoms with E-state index in [-0.39, 0.29) is 11.6 Å². The number of halogens is 1. The van der Waals surface area contributed by atoms with Crippen molar-refractivity contribution in [1.82, 2.24) is 5.32 Å². The smallest absolute Gasteiger partial charge is 0.100 e. The summed E-state index contributed by atoms with van der Waals surface area (Å²) in [5, 5.41) is 3.48. The predicted molar refractivity (Wildman–Crippen MR) is 64.9 cm³/mol. The first-order chi connectivity index (χ1) is 7.09. The summed E-state index contributed by atoms with van der Waals surface area (Å²) in [6, 6.07) is 8.35. The predicted octanol–water partition coefficient (Wildman–Crippen LogP) is 2.89. The van der Waals surface area contributed by atoms with E-state index in [4.69, 9.17) is 4.74 Å². The molecule has 1 saturated heterocycles. The lowest BCUT2D eigenvalue weighted by atomic mass is 9.90. The van der Waals surface area contributed by atoms with E-state index in [0.717, 1.165) is 17.6 Å². The number of nitrogens with one attached hydrogen (secondary N) is 1. The van der Waals surface area contributed by atoms with Crippen LogP contribution in [0.1, 0.15) is 25.5 Å². The van der Waals surface area contributed by atoms with Crippen LogP contribution in [0.5, 0.6) is 0 Å². The molecular weight excluding hydrogens is 254 g/mol. The average Bonchev–Trinajstić information content (AvgIpc) is 2.19. The number of benzene rings is 1. The Kier molecular flexibility index (Phi) is 3.14. The van der Waals surface area contributed by atoms with Gasteiger partial charge in [0, 0.05) is 16.6 Å². The van der Waals surface area contributed by atoms with E-state index >= 15 is 0 Å². The number of morpholine rings is 1. The van der Waals surface area contributed by atoms with Crippen molar-refractivity contribution in [3.05, 3.63) is 34.3 Å². The van der Waals surface area contributed by atoms with Crippen molar-refractivity contribution in [2.24, 2.45) is 0 Å². The molecule has 1 aromatic rings. The second-order valence-corrected chi connectivity index (χ2v) is 5.37. The minimum Gasteiger partial charge on any atom is -0.370 e. The molecule has 82 valence electrons. The zero-order valence-electron chi connectivity index (χ0n) is 9.09. The minimum absolute atomic E-state index is 0.00603. The topological polar surface area (TPSA) is 21.3 Å². The van der Waals surface area contributed by atoms with E-state index in [0.29, 0.717) is 0 Å². The first-order valence-corrected chi connectivity index (χ1v) is 6.01. The zero-order chi connectivity index (χ0) is 10.9. The van der Waals surface area contributed by atoms with Crippen LogP contribution in [-0.4, -0.2) is 18.7 Å². The highest BCUT2D eigenvalue weighted by Gasteiger charge is 2.33. The summed E-state index contributed by atoms with van der Waals surface area (Å²) >= 11 is 3.44. The second kappa shape index (κ2) is 4.24. The van der Waals surface area contributed by atoms with Gasteiger partial charge in [0.15, 0.2) is 0 Å². The van der Waals surface area contributed by atoms with E-state index in [1.165, 1.54) is 5.56 Å². The Morgan fingerprint density at radius 2 is 2.00 bits per heavy atom. The number of hydrogen-bond acceptors (Lipinski definition) is 2. The van der Waals surface area contributed by atoms with Gasteiger partial charge in [-0.1, -0.05) is 28.1 Å². The maximum atomic E-state index is 5.84. The van der Waals surface area contributed by atoms with Crippen LogP contribution in [0, 0.1) is 0 Å². The van der Waals surface area contributed by atoms with Gasteiger partial charge in [-0.15, -0.1) is 0 Å². The van der Waals surface area contributed by atoms with Crippen molar-refractivity contribution in [2.45, 2.75) is 25.5 Å². The Labute approximate surface area is 99.1 Å². The molecule has 0 aromatic heterocycles. The summed E-state index contributed by atoms with van der Waals surface area (Å²) in [7, 11) is 0. The molecule has 1 heterocycles. The van der Waals surface area contributed by atoms with Crippen LogP contribution < -0.4 is 5.32 Å². The van der Waals surface area contributed by atoms with Crippen LogP contribution in [0.15, 0.2) is 28.7 Å². The lowest BCUT2D eigenvalue weighted by Crippen LogP contribution is -2.51. The summed E-state index contributed by atoms with van der Waals surface area (Å²) in [4.78, 5) is 0. The quantitative estimate of drug-likeness (QED) is 0.847. The molecule has 0 bridgehead atoms. The highest BCUT2D eigenvalue weighted by atomic mass is 79.9. The standard InChI is InChI=1S/C12H16BrNO/c1-12(2)11(15-8-7-14-12)9-3-5-10(13)6-4-9/h3-6,11,14H,7-8H2,1-2H3/t11-/m0/s1. The Morgan fingerprint density at radius 3 is 2.60 bits per heavy atom. The second-order valence-electron chi connectivity index (χ2n) is 4.45. The Balaban J connectivity index is 2.25. The largest absolute Gasteiger partial charge is 0.370 e. The first kappa shape index (κ1) is 11.1. The molecule has 0 unspecified atom stereocenters. The summed E-state index contributed by atoms with van der Waals surface area (Å²) < 4.78 is 6.95. The molecule has 1 atom stereocenters. The number of rotatable bonds is 1. The fourth-order valence-corrected chi connectivity index (χ4v) is 2.27. The van der Waals surface area contributed by atoms with E-state index < -0.39 is 0 Å². The summed E-state index contributed by atoms with van der Waals surface area (Å²) in [6.45, 7) is 6.07. The minimum atomic E-state index is 0.00603. The van der Waals surface area contributed by atoms with Gasteiger partial charge in [0.1, 0.15) is 6.10 Å². The van der Waals surface area contributed by atoms with Gasteiger partial charge in [0.2, 0.25) is 0 Å². The van der Waals surface area contributed by atoms with Gasteiger partial charge in [-0.3, -0.25) is 0 Å². The highest BCUT2D eigenvalue weighted by Crippen LogP contribution is 2.31. The van der Waals surface area contributed by atoms with E-state index in [1.54, 1.807) is 0 Å². The van der Waals surface area contributed by atoms with E-state index in [1.807, 2.05) is 0 Å². The Bertz CT molecular complexity index is 334. The lowest BCUT2D eigenvalue weighted by Gasteiger charge is -2.39. The lowest BCUT2D eigenvalue weighted by molar-refractivity contribution is -0.0388. The molecule has 0 radical (unpaired) electrons. The molecule has 15 heavy (non-hydrogen) atoms. The van der Waals surface area contributed by atoms with Gasteiger partial charge in [0.05, 0.1) is 6.61 Å². The van der Waals surface area contributed by atoms with Crippen LogP contribution in [-0.2, 0) is 4.74 Å². The summed E-state index contributed by atoms with van der Waals surface area (Å²) in [5.74, 6) is 0. The molecule has 0 spiro atoms. The van der Waals surface area contributed by atoms with Gasteiger partial charge in [-0.25, -0.2) is 0 Å². The molecule has 1 aliphatic heterocycles. The molecule has 1 fully saturated rings. The highest BCUT2D eigenvalue weighted by molar-refractivity contribution is 9.10. The molecule has 0 aliphatic carbocycles. The molecule has 1 N–H and O–H groups in total. The monoisotopic (exact) mass is 269 g/mol. The molecule has 1 aromatic carbocycles. The summed E-state index contributed by atoms with van der Waals surface area (Å²) in [6.07, 6.45) is 0.138. The Morgan fingerprint density at radius 1 is 1.33 bits per heavy atom. The SMILES string of the molecule is CC1(C)NCCO[C@H]1c1ccc(Br)cc1. The molecule has 2 rings (SSSR count). The average molecular weight is 270 g/mol. The van der Waals surface area contributed by atoms with Crippen LogP contribution in [0.25, 0.3) is 0 Å². The molecule has 0 saturated carbocycles. The molecule has 1 aliphatic rings. The van der Waals surface area contributed by atoms with Crippen LogP contribution in [0.4, 0.5) is 0 Å². The van der Waals surface area contributed by atoms with E-state index in [9.17, 15) is 0 Å². The fraction of sp³-hybridized carbons (Fsp3) is 0.500. The third-order valence-corrected chi connectivity index (χ3v) is 3.32. The number of ether oxygens (including phenoxy) is 1. The molecule has 3 heteroatoms. The van der Waals surface area contributed by atoms with Gasteiger partial charge in [-0.05, 0) is 31.5 Å². The molecule has 0 amide bonds. The first-order valence-electron chi connectivity index (χ1n) is 5.22. The van der Waals surface area contributed by atoms with Crippen molar-refractivity contribution in [3.8, 4) is 0 Å². The van der Waals surface area contributed by atoms with Crippen molar-refractivity contribution >= 4 is 15.9 Å². The maximum Gasteiger partial charge on any atom is 0.100 e. The normalized spacial score (nSPS) is 25.1. The van der Waals surface area contributed by atoms with Crippen molar-refractivity contribution in [2.75, 3.05) is 13.2 Å². The maximum absolute atomic E-state index is 5.84. The third kappa shape index (κ3) is 2.41. The van der Waals surface area contributed by atoms with Gasteiger partial charge < -0.3 is 10.1 Å². The van der Waals surface area contributed by atoms with Crippen molar-refractivity contribution < 1.29 is 4.74 Å². The summed E-state index contributed by atoms with van der Waals surface area (Å²) in [5.41, 5.74) is 1.24. The van der Waals surface area contributed by atoms with Crippen molar-refractivity contribution in [3.63, 3.8) is 0 Å². The molecular formula is C12H16BrNO. The number of hydrogen-bond donors (Lipinski definition) is 1. The fourth-order valence-electron chi connectivity index (χ4n) is 2.00. The Hall–Kier alpha value is -0.380. The zero-order valence-corrected chi connectivity index (χ0v) is 10.7. The van der Waals surface area contributed by atoms with Gasteiger partial charge in [-0.2, -0.15) is 0 Å². The van der Waals surface area contributed by atoms with Gasteiger partial charge >= 0.3 is 0 Å². The van der Waals surface area contributed by atoms with Crippen LogP contribution in [0.2, 0.25) is 0 Å². The third-order valence-electron chi connectivity index (χ3n) is 2.80. The van der Waals surface area contributed by atoms with Crippen LogP contribution >= 0.6 is 15.9 Å². The molecule has 2 nitrogen and oxygen atoms in total. The van der Waals surface area contributed by atoms with Gasteiger partial charge in [0.25, 0.3) is 0 Å². The van der Waals surface area contributed by atoms with Crippen LogP contribution in [0.3, 0.4) is 0 Å². The van der Waals surface area contributed by atoms with Crippen molar-refractivity contribution in [1.29, 1.82) is 0 Å². The van der Waals surface area contributed by atoms with E-state index in [2.05, 4.69) is 59.4 Å².